The van der Waals surface area contributed by atoms with Crippen molar-refractivity contribution in [1.82, 2.24) is 15.5 Å². The second-order valence-corrected chi connectivity index (χ2v) is 5.73. The van der Waals surface area contributed by atoms with Gasteiger partial charge in [-0.25, -0.2) is 0 Å². The molecular formula is C17H19N3. The molecule has 3 nitrogen and oxygen atoms in total. The van der Waals surface area contributed by atoms with E-state index in [4.69, 9.17) is 0 Å². The van der Waals surface area contributed by atoms with Gasteiger partial charge in [0.1, 0.15) is 0 Å². The van der Waals surface area contributed by atoms with Gasteiger partial charge in [0.25, 0.3) is 0 Å². The van der Waals surface area contributed by atoms with Gasteiger partial charge in [-0.3, -0.25) is 5.32 Å². The van der Waals surface area contributed by atoms with Crippen LogP contribution in [0, 0.1) is 0 Å². The van der Waals surface area contributed by atoms with Gasteiger partial charge in [0, 0.05) is 12.2 Å². The van der Waals surface area contributed by atoms with E-state index in [1.807, 2.05) is 6.20 Å². The Bertz CT molecular complexity index is 627. The van der Waals surface area contributed by atoms with Crippen LogP contribution in [0.4, 0.5) is 0 Å². The average molecular weight is 265 g/mol. The highest BCUT2D eigenvalue weighted by Crippen LogP contribution is 2.39. The Labute approximate surface area is 119 Å². The Morgan fingerprint density at radius 3 is 3.10 bits per heavy atom. The second kappa shape index (κ2) is 4.53. The van der Waals surface area contributed by atoms with Gasteiger partial charge in [-0.05, 0) is 42.7 Å². The fourth-order valence-corrected chi connectivity index (χ4v) is 3.37. The van der Waals surface area contributed by atoms with E-state index in [9.17, 15) is 0 Å². The lowest BCUT2D eigenvalue weighted by Crippen LogP contribution is -2.48. The number of dihydropyridines is 1. The van der Waals surface area contributed by atoms with Crippen molar-refractivity contribution >= 4 is 6.08 Å². The topological polar surface area (TPSA) is 27.3 Å². The Hall–Kier alpha value is -2.00. The molecule has 20 heavy (non-hydrogen) atoms. The maximum absolute atomic E-state index is 3.58. The van der Waals surface area contributed by atoms with Crippen molar-refractivity contribution in [3.05, 3.63) is 65.1 Å². The summed E-state index contributed by atoms with van der Waals surface area (Å²) in [5.74, 6) is 0. The van der Waals surface area contributed by atoms with Crippen molar-refractivity contribution in [3.63, 3.8) is 0 Å². The van der Waals surface area contributed by atoms with Crippen molar-refractivity contribution < 1.29 is 0 Å². The zero-order valence-electron chi connectivity index (χ0n) is 11.6. The zero-order chi connectivity index (χ0) is 13.5. The van der Waals surface area contributed by atoms with E-state index in [1.165, 1.54) is 22.5 Å². The van der Waals surface area contributed by atoms with Crippen LogP contribution in [0.3, 0.4) is 0 Å². The third-order valence-corrected chi connectivity index (χ3v) is 4.39. The second-order valence-electron chi connectivity index (χ2n) is 5.73. The first-order valence-electron chi connectivity index (χ1n) is 7.27. The summed E-state index contributed by atoms with van der Waals surface area (Å²) in [5.41, 5.74) is 5.25. The van der Waals surface area contributed by atoms with Gasteiger partial charge >= 0.3 is 0 Å². The first-order valence-corrected chi connectivity index (χ1v) is 7.27. The van der Waals surface area contributed by atoms with Gasteiger partial charge in [0.2, 0.25) is 0 Å². The number of nitrogens with zero attached hydrogens (tertiary/aromatic N) is 1. The Morgan fingerprint density at radius 2 is 2.15 bits per heavy atom. The highest BCUT2D eigenvalue weighted by Gasteiger charge is 2.33. The summed E-state index contributed by atoms with van der Waals surface area (Å²) in [6.45, 7) is 3.17. The molecule has 3 aliphatic heterocycles. The monoisotopic (exact) mass is 265 g/mol. The molecule has 102 valence electrons. The molecule has 2 unspecified atom stereocenters. The third-order valence-electron chi connectivity index (χ3n) is 4.39. The Balaban J connectivity index is 1.89. The number of rotatable bonds is 0. The molecule has 0 saturated carbocycles. The molecule has 2 N–H and O–H groups in total. The minimum Gasteiger partial charge on any atom is -0.360 e. The quantitative estimate of drug-likeness (QED) is 0.755. The first kappa shape index (κ1) is 11.8. The molecule has 1 aromatic carbocycles. The van der Waals surface area contributed by atoms with E-state index in [1.54, 1.807) is 0 Å². The summed E-state index contributed by atoms with van der Waals surface area (Å²) in [5, 5.41) is 6.97. The highest BCUT2D eigenvalue weighted by molar-refractivity contribution is 5.64. The normalized spacial score (nSPS) is 27.4. The van der Waals surface area contributed by atoms with Gasteiger partial charge in [-0.2, -0.15) is 0 Å². The number of benzene rings is 1. The Kier molecular flexibility index (Phi) is 2.67. The number of allylic oxidation sites excluding steroid dienone is 2. The van der Waals surface area contributed by atoms with E-state index in [0.29, 0.717) is 12.1 Å². The van der Waals surface area contributed by atoms with E-state index < -0.39 is 0 Å². The summed E-state index contributed by atoms with van der Waals surface area (Å²) >= 11 is 0. The number of nitrogens with one attached hydrogen (secondary N) is 2. The molecule has 3 heteroatoms. The lowest BCUT2D eigenvalue weighted by molar-refractivity contribution is 0.159. The van der Waals surface area contributed by atoms with Crippen LogP contribution in [-0.2, 0) is 0 Å². The third kappa shape index (κ3) is 1.78. The van der Waals surface area contributed by atoms with Crippen LogP contribution < -0.4 is 10.6 Å². The maximum Gasteiger partial charge on any atom is 0.0691 e. The molecule has 0 bridgehead atoms. The van der Waals surface area contributed by atoms with Crippen LogP contribution >= 0.6 is 0 Å². The SMILES string of the molecule is CC1CC2c3ccccc3C=C3NC=CC=C3N2CN1. The van der Waals surface area contributed by atoms with Crippen molar-refractivity contribution in [2.24, 2.45) is 0 Å². The number of hydrogen-bond donors (Lipinski definition) is 2. The minimum absolute atomic E-state index is 0.454. The predicted octanol–water partition coefficient (Wildman–Crippen LogP) is 2.72. The first-order chi connectivity index (χ1) is 9.83. The van der Waals surface area contributed by atoms with E-state index >= 15 is 0 Å². The molecule has 0 radical (unpaired) electrons. The van der Waals surface area contributed by atoms with Crippen LogP contribution in [0.1, 0.15) is 30.5 Å². The van der Waals surface area contributed by atoms with Gasteiger partial charge in [-0.1, -0.05) is 24.3 Å². The summed E-state index contributed by atoms with van der Waals surface area (Å²) in [7, 11) is 0. The van der Waals surface area contributed by atoms with Crippen molar-refractivity contribution in [1.29, 1.82) is 0 Å². The van der Waals surface area contributed by atoms with Crippen LogP contribution in [0.25, 0.3) is 6.08 Å². The van der Waals surface area contributed by atoms with Crippen LogP contribution in [0.15, 0.2) is 54.0 Å². The number of fused-ring (bicyclic) bond motifs is 5. The number of hydrogen-bond acceptors (Lipinski definition) is 3. The van der Waals surface area contributed by atoms with E-state index in [0.717, 1.165) is 13.1 Å². The molecule has 3 aliphatic rings. The Morgan fingerprint density at radius 1 is 1.25 bits per heavy atom. The molecule has 0 aliphatic carbocycles. The highest BCUT2D eigenvalue weighted by atomic mass is 15.3. The molecule has 4 rings (SSSR count). The average Bonchev–Trinajstić information content (AvgIpc) is 2.61. The summed E-state index contributed by atoms with van der Waals surface area (Å²) in [6.07, 6.45) is 9.70. The fraction of sp³-hybridized carbons (Fsp3) is 0.294. The minimum atomic E-state index is 0.454. The van der Waals surface area contributed by atoms with Crippen molar-refractivity contribution in [3.8, 4) is 0 Å². The zero-order valence-corrected chi connectivity index (χ0v) is 11.6. The predicted molar refractivity (Wildman–Crippen MR) is 81.4 cm³/mol. The van der Waals surface area contributed by atoms with Crippen molar-refractivity contribution in [2.45, 2.75) is 25.4 Å². The van der Waals surface area contributed by atoms with E-state index in [2.05, 4.69) is 65.0 Å². The molecule has 3 heterocycles. The molecule has 0 spiro atoms. The van der Waals surface area contributed by atoms with Crippen LogP contribution in [0.5, 0.6) is 0 Å². The molecule has 2 atom stereocenters. The molecular weight excluding hydrogens is 246 g/mol. The molecule has 1 saturated heterocycles. The molecule has 0 amide bonds. The smallest absolute Gasteiger partial charge is 0.0691 e. The van der Waals surface area contributed by atoms with Crippen LogP contribution in [-0.4, -0.2) is 17.6 Å². The van der Waals surface area contributed by atoms with Gasteiger partial charge in [0.05, 0.1) is 24.1 Å². The fourth-order valence-electron chi connectivity index (χ4n) is 3.37. The lowest BCUT2D eigenvalue weighted by Gasteiger charge is -2.42. The van der Waals surface area contributed by atoms with Crippen molar-refractivity contribution in [2.75, 3.05) is 6.67 Å². The standard InChI is InChI=1S/C17H19N3/c1-12-9-17-14-6-3-2-5-13(14)10-15-16(7-4-8-18-15)20(17)11-19-12/h2-8,10,12,17-19H,9,11H2,1H3. The maximum atomic E-state index is 3.58. The molecule has 0 aromatic heterocycles. The summed E-state index contributed by atoms with van der Waals surface area (Å²) < 4.78 is 0. The van der Waals surface area contributed by atoms with Crippen LogP contribution in [0.2, 0.25) is 0 Å². The van der Waals surface area contributed by atoms with Gasteiger partial charge in [-0.15, -0.1) is 0 Å². The summed E-state index contributed by atoms with van der Waals surface area (Å²) in [6, 6.07) is 9.77. The molecule has 1 fully saturated rings. The molecule has 1 aromatic rings. The van der Waals surface area contributed by atoms with E-state index in [-0.39, 0.29) is 0 Å². The largest absolute Gasteiger partial charge is 0.360 e. The van der Waals surface area contributed by atoms with Gasteiger partial charge < -0.3 is 10.2 Å². The van der Waals surface area contributed by atoms with Gasteiger partial charge in [0.15, 0.2) is 0 Å². The summed E-state index contributed by atoms with van der Waals surface area (Å²) in [4.78, 5) is 2.48. The lowest BCUT2D eigenvalue weighted by atomic mass is 9.93.